The summed E-state index contributed by atoms with van der Waals surface area (Å²) in [5.41, 5.74) is 0. The number of carbonyl (C=O) groups excluding carboxylic acids is 1. The Morgan fingerprint density at radius 3 is 2.08 bits per heavy atom. The normalized spacial score (nSPS) is 22.2. The molecule has 1 rings (SSSR count). The van der Waals surface area contributed by atoms with Crippen LogP contribution in [-0.2, 0) is 4.79 Å². The van der Waals surface area contributed by atoms with Gasteiger partial charge in [-0.3, -0.25) is 4.79 Å². The van der Waals surface area contributed by atoms with Crippen LogP contribution >= 0.6 is 0 Å². The van der Waals surface area contributed by atoms with Crippen molar-refractivity contribution >= 4 is 5.91 Å². The van der Waals surface area contributed by atoms with Gasteiger partial charge in [0.15, 0.2) is 0 Å². The van der Waals surface area contributed by atoms with Gasteiger partial charge in [0.1, 0.15) is 0 Å². The topological polar surface area (TPSA) is 20.3 Å². The predicted octanol–water partition coefficient (Wildman–Crippen LogP) is 2.29. The monoisotopic (exact) mass is 171 g/mol. The fourth-order valence-corrected chi connectivity index (χ4v) is 1.27. The third-order valence-corrected chi connectivity index (χ3v) is 2.03. The van der Waals surface area contributed by atoms with Gasteiger partial charge in [0.05, 0.1) is 0 Å². The molecule has 1 saturated heterocycles. The molecular weight excluding hydrogens is 150 g/mol. The highest BCUT2D eigenvalue weighted by Gasteiger charge is 2.26. The first kappa shape index (κ1) is 11.5. The van der Waals surface area contributed by atoms with E-state index in [0.717, 1.165) is 19.4 Å². The lowest BCUT2D eigenvalue weighted by Crippen LogP contribution is -2.22. The van der Waals surface area contributed by atoms with E-state index in [9.17, 15) is 4.79 Å². The van der Waals surface area contributed by atoms with Gasteiger partial charge in [0.25, 0.3) is 0 Å². The van der Waals surface area contributed by atoms with E-state index < -0.39 is 0 Å². The van der Waals surface area contributed by atoms with Gasteiger partial charge in [0, 0.05) is 19.5 Å². The van der Waals surface area contributed by atoms with Crippen molar-refractivity contribution in [2.75, 3.05) is 13.6 Å². The van der Waals surface area contributed by atoms with Crippen LogP contribution in [0, 0.1) is 5.92 Å². The molecule has 1 fully saturated rings. The maximum atomic E-state index is 11.1. The summed E-state index contributed by atoms with van der Waals surface area (Å²) < 4.78 is 0. The molecule has 0 N–H and O–H groups in total. The van der Waals surface area contributed by atoms with Crippen LogP contribution in [0.5, 0.6) is 0 Å². The lowest BCUT2D eigenvalue weighted by molar-refractivity contribution is -0.129. The Labute approximate surface area is 75.9 Å². The molecule has 1 aliphatic rings. The number of hydrogen-bond acceptors (Lipinski definition) is 1. The Balaban J connectivity index is 0.000000354. The number of carbonyl (C=O) groups is 1. The second kappa shape index (κ2) is 6.04. The molecule has 2 heteroatoms. The van der Waals surface area contributed by atoms with Crippen molar-refractivity contribution in [2.24, 2.45) is 5.92 Å². The molecule has 0 saturated carbocycles. The zero-order valence-corrected chi connectivity index (χ0v) is 8.76. The minimum absolute atomic E-state index is 0.329. The maximum absolute atomic E-state index is 11.1. The van der Waals surface area contributed by atoms with Crippen LogP contribution in [0.4, 0.5) is 0 Å². The zero-order valence-electron chi connectivity index (χ0n) is 8.76. The number of hydrogen-bond donors (Lipinski definition) is 0. The Morgan fingerprint density at radius 1 is 1.42 bits per heavy atom. The van der Waals surface area contributed by atoms with Crippen molar-refractivity contribution in [3.8, 4) is 0 Å². The summed E-state index contributed by atoms with van der Waals surface area (Å²) in [7, 11) is 1.87. The van der Waals surface area contributed by atoms with Crippen LogP contribution in [0.25, 0.3) is 0 Å². The van der Waals surface area contributed by atoms with Gasteiger partial charge in [-0.25, -0.2) is 0 Å². The molecule has 1 heterocycles. The van der Waals surface area contributed by atoms with E-state index in [2.05, 4.69) is 20.8 Å². The van der Waals surface area contributed by atoms with Crippen LogP contribution < -0.4 is 0 Å². The molecule has 0 spiro atoms. The highest BCUT2D eigenvalue weighted by atomic mass is 16.2. The molecule has 2 nitrogen and oxygen atoms in total. The molecule has 0 aliphatic carbocycles. The molecule has 0 aromatic rings. The van der Waals surface area contributed by atoms with E-state index in [1.165, 1.54) is 6.42 Å². The van der Waals surface area contributed by atoms with E-state index in [-0.39, 0.29) is 0 Å². The Kier molecular flexibility index (Phi) is 5.77. The summed E-state index contributed by atoms with van der Waals surface area (Å²) in [6, 6.07) is 0. The van der Waals surface area contributed by atoms with Crippen molar-refractivity contribution in [3.63, 3.8) is 0 Å². The third-order valence-electron chi connectivity index (χ3n) is 2.03. The summed E-state index contributed by atoms with van der Waals surface area (Å²) >= 11 is 0. The molecule has 1 atom stereocenters. The number of likely N-dealkylation sites (tertiary alicyclic amines) is 1. The summed E-state index contributed by atoms with van der Waals surface area (Å²) in [4.78, 5) is 12.9. The van der Waals surface area contributed by atoms with Crippen molar-refractivity contribution in [2.45, 2.75) is 40.0 Å². The Bertz CT molecular complexity index is 134. The molecule has 1 amide bonds. The Hall–Kier alpha value is -0.530. The summed E-state index contributed by atoms with van der Waals surface area (Å²) in [5.74, 6) is 0.660. The van der Waals surface area contributed by atoms with E-state index >= 15 is 0 Å². The SMILES string of the molecule is CCC.CCC1CCN(C)C1=O. The molecule has 0 aromatic heterocycles. The minimum atomic E-state index is 0.329. The fraction of sp³-hybridized carbons (Fsp3) is 0.900. The second-order valence-electron chi connectivity index (χ2n) is 3.36. The average Bonchev–Trinajstić information content (AvgIpc) is 2.35. The molecular formula is C10H21NO. The largest absolute Gasteiger partial charge is 0.345 e. The van der Waals surface area contributed by atoms with Crippen LogP contribution in [0.1, 0.15) is 40.0 Å². The highest BCUT2D eigenvalue weighted by molar-refractivity contribution is 5.80. The number of rotatable bonds is 1. The number of amides is 1. The van der Waals surface area contributed by atoms with E-state index in [0.29, 0.717) is 11.8 Å². The summed E-state index contributed by atoms with van der Waals surface area (Å²) in [6.07, 6.45) is 3.31. The van der Waals surface area contributed by atoms with Crippen LogP contribution in [0.2, 0.25) is 0 Å². The molecule has 72 valence electrons. The Morgan fingerprint density at radius 2 is 1.92 bits per heavy atom. The van der Waals surface area contributed by atoms with Gasteiger partial charge in [-0.15, -0.1) is 0 Å². The average molecular weight is 171 g/mol. The number of nitrogens with zero attached hydrogens (tertiary/aromatic N) is 1. The van der Waals surface area contributed by atoms with E-state index in [1.54, 1.807) is 0 Å². The van der Waals surface area contributed by atoms with Gasteiger partial charge in [-0.05, 0) is 12.8 Å². The van der Waals surface area contributed by atoms with Crippen molar-refractivity contribution < 1.29 is 4.79 Å². The van der Waals surface area contributed by atoms with Crippen molar-refractivity contribution in [3.05, 3.63) is 0 Å². The summed E-state index contributed by atoms with van der Waals surface area (Å²) in [5, 5.41) is 0. The first-order chi connectivity index (χ1) is 5.67. The minimum Gasteiger partial charge on any atom is -0.345 e. The van der Waals surface area contributed by atoms with Gasteiger partial charge >= 0.3 is 0 Å². The van der Waals surface area contributed by atoms with Crippen LogP contribution in [-0.4, -0.2) is 24.4 Å². The van der Waals surface area contributed by atoms with Crippen molar-refractivity contribution in [1.82, 2.24) is 4.90 Å². The molecule has 12 heavy (non-hydrogen) atoms. The molecule has 0 bridgehead atoms. The first-order valence-electron chi connectivity index (χ1n) is 4.92. The van der Waals surface area contributed by atoms with E-state index in [1.807, 2.05) is 11.9 Å². The summed E-state index contributed by atoms with van der Waals surface area (Å²) in [6.45, 7) is 7.28. The second-order valence-corrected chi connectivity index (χ2v) is 3.36. The molecule has 1 aliphatic heterocycles. The maximum Gasteiger partial charge on any atom is 0.225 e. The van der Waals surface area contributed by atoms with Gasteiger partial charge in [-0.1, -0.05) is 27.2 Å². The fourth-order valence-electron chi connectivity index (χ4n) is 1.27. The quantitative estimate of drug-likeness (QED) is 0.592. The molecule has 0 radical (unpaired) electrons. The van der Waals surface area contributed by atoms with Crippen LogP contribution in [0.3, 0.4) is 0 Å². The lowest BCUT2D eigenvalue weighted by atomic mass is 10.1. The van der Waals surface area contributed by atoms with Gasteiger partial charge in [0.2, 0.25) is 5.91 Å². The van der Waals surface area contributed by atoms with Crippen LogP contribution in [0.15, 0.2) is 0 Å². The lowest BCUT2D eigenvalue weighted by Gasteiger charge is -2.07. The van der Waals surface area contributed by atoms with E-state index in [4.69, 9.17) is 0 Å². The molecule has 0 aromatic carbocycles. The molecule has 1 unspecified atom stereocenters. The van der Waals surface area contributed by atoms with Crippen molar-refractivity contribution in [1.29, 1.82) is 0 Å². The predicted molar refractivity (Wildman–Crippen MR) is 52.0 cm³/mol. The van der Waals surface area contributed by atoms with Gasteiger partial charge < -0.3 is 4.90 Å². The standard InChI is InChI=1S/C7H13NO.C3H8/c1-3-6-4-5-8(2)7(6)9;1-3-2/h6H,3-5H2,1-2H3;3H2,1-2H3. The third kappa shape index (κ3) is 3.24. The highest BCUT2D eigenvalue weighted by Crippen LogP contribution is 2.18. The van der Waals surface area contributed by atoms with Gasteiger partial charge in [-0.2, -0.15) is 0 Å². The first-order valence-corrected chi connectivity index (χ1v) is 4.92. The smallest absolute Gasteiger partial charge is 0.225 e. The zero-order chi connectivity index (χ0) is 9.56.